The summed E-state index contributed by atoms with van der Waals surface area (Å²) in [6.07, 6.45) is -2.51. The molecular weight excluding hydrogens is 196 g/mol. The van der Waals surface area contributed by atoms with E-state index in [0.717, 1.165) is 0 Å². The lowest BCUT2D eigenvalue weighted by Gasteiger charge is -2.18. The Labute approximate surface area is 87.8 Å². The Morgan fingerprint density at radius 1 is 1.33 bits per heavy atom. The fourth-order valence-electron chi connectivity index (χ4n) is 1.38. The quantitative estimate of drug-likeness (QED) is 0.623. The van der Waals surface area contributed by atoms with Crippen LogP contribution in [0.5, 0.6) is 0 Å². The lowest BCUT2D eigenvalue weighted by Crippen LogP contribution is -2.23. The summed E-state index contributed by atoms with van der Waals surface area (Å²) in [5.41, 5.74) is 0.698. The molecule has 0 fully saturated rings. The molecule has 1 aromatic rings. The molecule has 0 saturated carbocycles. The minimum Gasteiger partial charge on any atom is -0.394 e. The molecule has 82 valence electrons. The zero-order valence-corrected chi connectivity index (χ0v) is 8.42. The maximum Gasteiger partial charge on any atom is 0.160 e. The Bertz CT molecular complexity index is 348. The topological polar surface area (TPSA) is 77.8 Å². The summed E-state index contributed by atoms with van der Waals surface area (Å²) in [7, 11) is 0. The second-order valence-corrected chi connectivity index (χ2v) is 3.34. The molecule has 0 saturated heterocycles. The molecule has 0 aliphatic heterocycles. The first-order chi connectivity index (χ1) is 7.07. The van der Waals surface area contributed by atoms with Crippen molar-refractivity contribution in [3.05, 3.63) is 35.4 Å². The minimum absolute atomic E-state index is 0.185. The van der Waals surface area contributed by atoms with Crippen LogP contribution in [0.4, 0.5) is 0 Å². The number of hydrogen-bond acceptors (Lipinski definition) is 4. The van der Waals surface area contributed by atoms with Crippen LogP contribution in [0.3, 0.4) is 0 Å². The van der Waals surface area contributed by atoms with Gasteiger partial charge in [0.05, 0.1) is 6.61 Å². The standard InChI is InChI=1S/C11H14O4/c1-7(13)8-4-2-3-5-9(8)11(15)10(14)6-12/h2-5,10-12,14-15H,6H2,1H3. The van der Waals surface area contributed by atoms with Gasteiger partial charge in [0, 0.05) is 5.56 Å². The van der Waals surface area contributed by atoms with E-state index in [1.165, 1.54) is 6.92 Å². The van der Waals surface area contributed by atoms with Crippen LogP contribution in [0, 0.1) is 0 Å². The molecule has 15 heavy (non-hydrogen) atoms. The predicted molar refractivity (Wildman–Crippen MR) is 54.5 cm³/mol. The molecule has 0 aliphatic carbocycles. The van der Waals surface area contributed by atoms with E-state index in [4.69, 9.17) is 5.11 Å². The number of carbonyl (C=O) groups excluding carboxylic acids is 1. The number of ketones is 1. The molecule has 2 unspecified atom stereocenters. The van der Waals surface area contributed by atoms with Crippen molar-refractivity contribution in [1.29, 1.82) is 0 Å². The summed E-state index contributed by atoms with van der Waals surface area (Å²) >= 11 is 0. The average Bonchev–Trinajstić information content (AvgIpc) is 2.27. The molecule has 0 radical (unpaired) electrons. The van der Waals surface area contributed by atoms with E-state index in [1.807, 2.05) is 0 Å². The number of aliphatic hydroxyl groups excluding tert-OH is 3. The summed E-state index contributed by atoms with van der Waals surface area (Å²) in [5.74, 6) is -0.185. The van der Waals surface area contributed by atoms with E-state index < -0.39 is 18.8 Å². The molecule has 0 bridgehead atoms. The first-order valence-electron chi connectivity index (χ1n) is 4.64. The molecule has 0 heterocycles. The third-order valence-corrected chi connectivity index (χ3v) is 2.21. The summed E-state index contributed by atoms with van der Waals surface area (Å²) in [4.78, 5) is 11.2. The van der Waals surface area contributed by atoms with Crippen molar-refractivity contribution in [2.45, 2.75) is 19.1 Å². The van der Waals surface area contributed by atoms with Gasteiger partial charge in [0.25, 0.3) is 0 Å². The highest BCUT2D eigenvalue weighted by atomic mass is 16.4. The average molecular weight is 210 g/mol. The lowest BCUT2D eigenvalue weighted by molar-refractivity contribution is -0.0155. The van der Waals surface area contributed by atoms with Crippen molar-refractivity contribution in [2.24, 2.45) is 0 Å². The zero-order valence-electron chi connectivity index (χ0n) is 8.42. The second-order valence-electron chi connectivity index (χ2n) is 3.34. The number of Topliss-reactive ketones (excluding diaryl/α,β-unsaturated/α-hetero) is 1. The van der Waals surface area contributed by atoms with Crippen LogP contribution in [-0.4, -0.2) is 33.8 Å². The molecule has 4 heteroatoms. The van der Waals surface area contributed by atoms with Gasteiger partial charge in [-0.05, 0) is 12.5 Å². The molecular formula is C11H14O4. The van der Waals surface area contributed by atoms with Crippen LogP contribution >= 0.6 is 0 Å². The number of carbonyl (C=O) groups is 1. The Kier molecular flexibility index (Phi) is 3.96. The van der Waals surface area contributed by atoms with E-state index in [0.29, 0.717) is 11.1 Å². The monoisotopic (exact) mass is 210 g/mol. The van der Waals surface area contributed by atoms with Gasteiger partial charge in [-0.25, -0.2) is 0 Å². The Balaban J connectivity index is 3.07. The van der Waals surface area contributed by atoms with Crippen LogP contribution in [0.25, 0.3) is 0 Å². The van der Waals surface area contributed by atoms with Crippen LogP contribution in [0.15, 0.2) is 24.3 Å². The highest BCUT2D eigenvalue weighted by Gasteiger charge is 2.21. The van der Waals surface area contributed by atoms with Crippen molar-refractivity contribution in [3.8, 4) is 0 Å². The van der Waals surface area contributed by atoms with Crippen LogP contribution in [0.1, 0.15) is 28.9 Å². The zero-order chi connectivity index (χ0) is 11.4. The molecule has 3 N–H and O–H groups in total. The number of rotatable bonds is 4. The van der Waals surface area contributed by atoms with Crippen molar-refractivity contribution >= 4 is 5.78 Å². The fourth-order valence-corrected chi connectivity index (χ4v) is 1.38. The van der Waals surface area contributed by atoms with Gasteiger partial charge in [0.2, 0.25) is 0 Å². The highest BCUT2D eigenvalue weighted by molar-refractivity contribution is 5.95. The molecule has 2 atom stereocenters. The minimum atomic E-state index is -1.27. The van der Waals surface area contributed by atoms with Crippen LogP contribution in [-0.2, 0) is 0 Å². The normalized spacial score (nSPS) is 14.7. The molecule has 0 aliphatic rings. The largest absolute Gasteiger partial charge is 0.394 e. The Morgan fingerprint density at radius 2 is 1.93 bits per heavy atom. The van der Waals surface area contributed by atoms with Gasteiger partial charge >= 0.3 is 0 Å². The molecule has 0 spiro atoms. The maximum atomic E-state index is 11.2. The van der Waals surface area contributed by atoms with Gasteiger partial charge in [0.15, 0.2) is 5.78 Å². The summed E-state index contributed by atoms with van der Waals surface area (Å²) in [6.45, 7) is 0.838. The molecule has 1 rings (SSSR count). The van der Waals surface area contributed by atoms with E-state index in [2.05, 4.69) is 0 Å². The summed E-state index contributed by atoms with van der Waals surface area (Å²) in [5, 5.41) is 27.6. The molecule has 4 nitrogen and oxygen atoms in total. The summed E-state index contributed by atoms with van der Waals surface area (Å²) in [6, 6.07) is 6.47. The van der Waals surface area contributed by atoms with Gasteiger partial charge in [-0.15, -0.1) is 0 Å². The SMILES string of the molecule is CC(=O)c1ccccc1C(O)C(O)CO. The summed E-state index contributed by atoms with van der Waals surface area (Å²) < 4.78 is 0. The Hall–Kier alpha value is -1.23. The van der Waals surface area contributed by atoms with E-state index >= 15 is 0 Å². The van der Waals surface area contributed by atoms with E-state index in [9.17, 15) is 15.0 Å². The fraction of sp³-hybridized carbons (Fsp3) is 0.364. The molecule has 0 aromatic heterocycles. The number of hydrogen-bond donors (Lipinski definition) is 3. The second kappa shape index (κ2) is 5.02. The van der Waals surface area contributed by atoms with Gasteiger partial charge < -0.3 is 15.3 Å². The number of benzene rings is 1. The Morgan fingerprint density at radius 3 is 2.47 bits per heavy atom. The van der Waals surface area contributed by atoms with E-state index in [-0.39, 0.29) is 5.78 Å². The lowest BCUT2D eigenvalue weighted by atomic mass is 9.97. The van der Waals surface area contributed by atoms with Crippen molar-refractivity contribution < 1.29 is 20.1 Å². The van der Waals surface area contributed by atoms with Gasteiger partial charge in [0.1, 0.15) is 12.2 Å². The van der Waals surface area contributed by atoms with Gasteiger partial charge in [-0.2, -0.15) is 0 Å². The van der Waals surface area contributed by atoms with Gasteiger partial charge in [-0.3, -0.25) is 4.79 Å². The first kappa shape index (κ1) is 11.8. The van der Waals surface area contributed by atoms with Gasteiger partial charge in [-0.1, -0.05) is 24.3 Å². The number of aliphatic hydroxyl groups is 3. The van der Waals surface area contributed by atoms with E-state index in [1.54, 1.807) is 24.3 Å². The maximum absolute atomic E-state index is 11.2. The smallest absolute Gasteiger partial charge is 0.160 e. The molecule has 1 aromatic carbocycles. The van der Waals surface area contributed by atoms with Crippen LogP contribution in [0.2, 0.25) is 0 Å². The van der Waals surface area contributed by atoms with Crippen molar-refractivity contribution in [2.75, 3.05) is 6.61 Å². The van der Waals surface area contributed by atoms with Crippen LogP contribution < -0.4 is 0 Å². The van der Waals surface area contributed by atoms with Crippen molar-refractivity contribution in [1.82, 2.24) is 0 Å². The predicted octanol–water partition coefficient (Wildman–Crippen LogP) is 0.276. The first-order valence-corrected chi connectivity index (χ1v) is 4.64. The highest BCUT2D eigenvalue weighted by Crippen LogP contribution is 2.21. The van der Waals surface area contributed by atoms with Crippen molar-refractivity contribution in [3.63, 3.8) is 0 Å². The molecule has 0 amide bonds. The third kappa shape index (κ3) is 2.62. The third-order valence-electron chi connectivity index (χ3n) is 2.21.